The van der Waals surface area contributed by atoms with Crippen molar-refractivity contribution in [1.82, 2.24) is 14.2 Å². The summed E-state index contributed by atoms with van der Waals surface area (Å²) in [4.78, 5) is 24.1. The van der Waals surface area contributed by atoms with Crippen molar-refractivity contribution >= 4 is 22.5 Å². The van der Waals surface area contributed by atoms with Crippen LogP contribution in [0.2, 0.25) is 0 Å². The Morgan fingerprint density at radius 2 is 1.79 bits per heavy atom. The number of benzene rings is 2. The van der Waals surface area contributed by atoms with E-state index in [2.05, 4.69) is 5.10 Å². The summed E-state index contributed by atoms with van der Waals surface area (Å²) >= 11 is 0. The first-order chi connectivity index (χ1) is 11.6. The Hall–Kier alpha value is -3.41. The van der Waals surface area contributed by atoms with Crippen molar-refractivity contribution in [2.45, 2.75) is 6.54 Å². The molecular weight excluding hydrogens is 306 g/mol. The largest absolute Gasteiger partial charge is 0.478 e. The minimum absolute atomic E-state index is 0.134. The summed E-state index contributed by atoms with van der Waals surface area (Å²) in [5, 5.41) is 13.4. The summed E-state index contributed by atoms with van der Waals surface area (Å²) in [6, 6.07) is 16.0. The maximum absolute atomic E-state index is 12.8. The van der Waals surface area contributed by atoms with Crippen LogP contribution in [0, 0.1) is 0 Å². The Labute approximate surface area is 136 Å². The van der Waals surface area contributed by atoms with Crippen LogP contribution in [0.4, 0.5) is 0 Å². The van der Waals surface area contributed by atoms with E-state index in [0.717, 1.165) is 5.56 Å². The van der Waals surface area contributed by atoms with Gasteiger partial charge in [-0.25, -0.2) is 9.31 Å². The van der Waals surface area contributed by atoms with Gasteiger partial charge in [-0.1, -0.05) is 30.3 Å². The number of rotatable bonds is 3. The molecule has 0 aliphatic carbocycles. The van der Waals surface area contributed by atoms with E-state index in [1.54, 1.807) is 27.4 Å². The number of aromatic carboxylic acids is 1. The van der Waals surface area contributed by atoms with Crippen LogP contribution in [0.5, 0.6) is 0 Å². The molecule has 4 rings (SSSR count). The van der Waals surface area contributed by atoms with Crippen molar-refractivity contribution in [3.8, 4) is 0 Å². The van der Waals surface area contributed by atoms with Crippen LogP contribution in [-0.2, 0) is 6.54 Å². The molecule has 2 aromatic carbocycles. The molecule has 6 nitrogen and oxygen atoms in total. The Morgan fingerprint density at radius 1 is 1.00 bits per heavy atom. The summed E-state index contributed by atoms with van der Waals surface area (Å²) < 4.78 is 3.14. The first kappa shape index (κ1) is 14.2. The zero-order valence-electron chi connectivity index (χ0n) is 12.6. The predicted octanol–water partition coefficient (Wildman–Crippen LogP) is 2.40. The molecule has 4 aromatic rings. The van der Waals surface area contributed by atoms with Gasteiger partial charge >= 0.3 is 5.97 Å². The fourth-order valence-electron chi connectivity index (χ4n) is 2.88. The second-order valence-corrected chi connectivity index (χ2v) is 5.51. The van der Waals surface area contributed by atoms with E-state index in [4.69, 9.17) is 0 Å². The van der Waals surface area contributed by atoms with E-state index >= 15 is 0 Å². The molecule has 6 heteroatoms. The van der Waals surface area contributed by atoms with Gasteiger partial charge in [0, 0.05) is 0 Å². The van der Waals surface area contributed by atoms with Gasteiger partial charge in [-0.2, -0.15) is 5.10 Å². The molecule has 0 saturated carbocycles. The van der Waals surface area contributed by atoms with Gasteiger partial charge in [0.2, 0.25) is 0 Å². The third-order valence-corrected chi connectivity index (χ3v) is 4.03. The molecule has 0 saturated heterocycles. The monoisotopic (exact) mass is 319 g/mol. The second kappa shape index (κ2) is 5.34. The van der Waals surface area contributed by atoms with Gasteiger partial charge < -0.3 is 9.67 Å². The molecule has 118 valence electrons. The van der Waals surface area contributed by atoms with Gasteiger partial charge in [0.15, 0.2) is 0 Å². The van der Waals surface area contributed by atoms with Crippen LogP contribution in [0.25, 0.3) is 16.6 Å². The average Bonchev–Trinajstić information content (AvgIpc) is 3.09. The third-order valence-electron chi connectivity index (χ3n) is 4.03. The van der Waals surface area contributed by atoms with E-state index in [9.17, 15) is 14.7 Å². The minimum atomic E-state index is -1.03. The lowest BCUT2D eigenvalue weighted by Gasteiger charge is -2.12. The van der Waals surface area contributed by atoms with E-state index in [0.29, 0.717) is 23.1 Å². The fourth-order valence-corrected chi connectivity index (χ4v) is 2.88. The van der Waals surface area contributed by atoms with Gasteiger partial charge in [0.1, 0.15) is 5.52 Å². The first-order valence-corrected chi connectivity index (χ1v) is 7.42. The molecule has 0 radical (unpaired) electrons. The molecule has 0 unspecified atom stereocenters. The first-order valence-electron chi connectivity index (χ1n) is 7.42. The standard InChI is InChI=1S/C18H13N3O3/c22-17-15-8-9-19-21(15)14-7-6-13(18(23)24)10-16(14)20(17)11-12-4-2-1-3-5-12/h1-10H,11H2,(H,23,24). The van der Waals surface area contributed by atoms with Gasteiger partial charge in [-0.05, 0) is 29.8 Å². The fraction of sp³-hybridized carbons (Fsp3) is 0.0556. The number of carbonyl (C=O) groups is 1. The Bertz CT molecular complexity index is 1130. The minimum Gasteiger partial charge on any atom is -0.478 e. The highest BCUT2D eigenvalue weighted by Crippen LogP contribution is 2.17. The summed E-state index contributed by atoms with van der Waals surface area (Å²) in [5.41, 5.74) is 2.59. The van der Waals surface area contributed by atoms with Gasteiger partial charge in [0.25, 0.3) is 5.56 Å². The van der Waals surface area contributed by atoms with Crippen LogP contribution < -0.4 is 5.56 Å². The topological polar surface area (TPSA) is 76.6 Å². The molecule has 0 aliphatic heterocycles. The number of hydrogen-bond donors (Lipinski definition) is 1. The van der Waals surface area contributed by atoms with E-state index in [1.165, 1.54) is 12.1 Å². The lowest BCUT2D eigenvalue weighted by atomic mass is 10.1. The van der Waals surface area contributed by atoms with Crippen molar-refractivity contribution in [3.63, 3.8) is 0 Å². The molecule has 24 heavy (non-hydrogen) atoms. The van der Waals surface area contributed by atoms with Crippen molar-refractivity contribution in [2.75, 3.05) is 0 Å². The number of fused-ring (bicyclic) bond motifs is 3. The van der Waals surface area contributed by atoms with E-state index in [-0.39, 0.29) is 11.1 Å². The maximum Gasteiger partial charge on any atom is 0.335 e. The molecular formula is C18H13N3O3. The maximum atomic E-state index is 12.8. The van der Waals surface area contributed by atoms with Gasteiger partial charge in [0.05, 0.1) is 29.3 Å². The van der Waals surface area contributed by atoms with Crippen molar-refractivity contribution in [3.05, 3.63) is 82.3 Å². The van der Waals surface area contributed by atoms with Gasteiger partial charge in [-0.15, -0.1) is 0 Å². The number of aromatic nitrogens is 3. The lowest BCUT2D eigenvalue weighted by molar-refractivity contribution is 0.0697. The van der Waals surface area contributed by atoms with Crippen LogP contribution >= 0.6 is 0 Å². The molecule has 0 bridgehead atoms. The molecule has 2 aromatic heterocycles. The van der Waals surface area contributed by atoms with Gasteiger partial charge in [-0.3, -0.25) is 4.79 Å². The van der Waals surface area contributed by atoms with Crippen LogP contribution in [0.3, 0.4) is 0 Å². The molecule has 0 spiro atoms. The van der Waals surface area contributed by atoms with Crippen molar-refractivity contribution in [1.29, 1.82) is 0 Å². The number of carboxylic acids is 1. The quantitative estimate of drug-likeness (QED) is 0.629. The number of carboxylic acid groups (broad SMARTS) is 1. The summed E-state index contributed by atoms with van der Waals surface area (Å²) in [6.07, 6.45) is 1.56. The summed E-state index contributed by atoms with van der Waals surface area (Å²) in [5.74, 6) is -1.03. The molecule has 1 N–H and O–H groups in total. The SMILES string of the molecule is O=C(O)c1ccc2c(c1)n(Cc1ccccc1)c(=O)c1ccnn12. The second-order valence-electron chi connectivity index (χ2n) is 5.51. The normalized spacial score (nSPS) is 11.2. The lowest BCUT2D eigenvalue weighted by Crippen LogP contribution is -2.24. The van der Waals surface area contributed by atoms with Crippen molar-refractivity contribution in [2.24, 2.45) is 0 Å². The highest BCUT2D eigenvalue weighted by Gasteiger charge is 2.14. The highest BCUT2D eigenvalue weighted by molar-refractivity contribution is 5.92. The smallest absolute Gasteiger partial charge is 0.335 e. The highest BCUT2D eigenvalue weighted by atomic mass is 16.4. The Kier molecular flexibility index (Phi) is 3.16. The number of nitrogens with zero attached hydrogens (tertiary/aromatic N) is 3. The Morgan fingerprint density at radius 3 is 2.54 bits per heavy atom. The number of hydrogen-bond acceptors (Lipinski definition) is 3. The molecule has 2 heterocycles. The van der Waals surface area contributed by atoms with Crippen LogP contribution in [-0.4, -0.2) is 25.3 Å². The average molecular weight is 319 g/mol. The zero-order chi connectivity index (χ0) is 16.7. The molecule has 0 fully saturated rings. The van der Waals surface area contributed by atoms with Crippen LogP contribution in [0.1, 0.15) is 15.9 Å². The van der Waals surface area contributed by atoms with Crippen LogP contribution in [0.15, 0.2) is 65.6 Å². The summed E-state index contributed by atoms with van der Waals surface area (Å²) in [6.45, 7) is 0.362. The van der Waals surface area contributed by atoms with E-state index in [1.807, 2.05) is 30.3 Å². The predicted molar refractivity (Wildman–Crippen MR) is 89.5 cm³/mol. The summed E-state index contributed by atoms with van der Waals surface area (Å²) in [7, 11) is 0. The van der Waals surface area contributed by atoms with E-state index < -0.39 is 5.97 Å². The third kappa shape index (κ3) is 2.16. The molecule has 0 amide bonds. The molecule has 0 aliphatic rings. The zero-order valence-corrected chi connectivity index (χ0v) is 12.6. The molecule has 0 atom stereocenters. The Balaban J connectivity index is 2.07. The van der Waals surface area contributed by atoms with Crippen molar-refractivity contribution < 1.29 is 9.90 Å².